The zero-order valence-electron chi connectivity index (χ0n) is 10.8. The van der Waals surface area contributed by atoms with Gasteiger partial charge in [0.05, 0.1) is 6.10 Å². The van der Waals surface area contributed by atoms with Crippen molar-refractivity contribution in [3.63, 3.8) is 0 Å². The van der Waals surface area contributed by atoms with E-state index in [4.69, 9.17) is 4.74 Å². The third kappa shape index (κ3) is 4.78. The number of nitrogens with zero attached hydrogens (tertiary/aromatic N) is 1. The van der Waals surface area contributed by atoms with Gasteiger partial charge in [-0.25, -0.2) is 4.39 Å². The topological polar surface area (TPSA) is 52.9 Å². The maximum absolute atomic E-state index is 12.7. The van der Waals surface area contributed by atoms with E-state index in [2.05, 4.69) is 0 Å². The number of rotatable bonds is 5. The van der Waals surface area contributed by atoms with Crippen LogP contribution in [0.15, 0.2) is 24.3 Å². The molecule has 2 rings (SSSR count). The molecule has 2 N–H and O–H groups in total. The Morgan fingerprint density at radius 3 is 2.79 bits per heavy atom. The first-order valence-electron chi connectivity index (χ1n) is 6.60. The summed E-state index contributed by atoms with van der Waals surface area (Å²) >= 11 is 0. The molecular formula is C14H20FNO3. The largest absolute Gasteiger partial charge is 0.491 e. The first kappa shape index (κ1) is 14.2. The van der Waals surface area contributed by atoms with Crippen LogP contribution in [0, 0.1) is 5.82 Å². The molecule has 0 spiro atoms. The van der Waals surface area contributed by atoms with Gasteiger partial charge in [-0.05, 0) is 43.7 Å². The summed E-state index contributed by atoms with van der Waals surface area (Å²) in [7, 11) is 0. The average molecular weight is 269 g/mol. The molecule has 0 saturated carbocycles. The lowest BCUT2D eigenvalue weighted by molar-refractivity contribution is 0.0243. The van der Waals surface area contributed by atoms with Crippen LogP contribution in [0.25, 0.3) is 0 Å². The molecule has 0 aliphatic carbocycles. The van der Waals surface area contributed by atoms with Gasteiger partial charge >= 0.3 is 0 Å². The minimum Gasteiger partial charge on any atom is -0.491 e. The van der Waals surface area contributed by atoms with Crippen molar-refractivity contribution in [3.8, 4) is 5.75 Å². The van der Waals surface area contributed by atoms with Crippen molar-refractivity contribution in [2.24, 2.45) is 0 Å². The van der Waals surface area contributed by atoms with Crippen LogP contribution in [0.2, 0.25) is 0 Å². The smallest absolute Gasteiger partial charge is 0.123 e. The summed E-state index contributed by atoms with van der Waals surface area (Å²) in [5.41, 5.74) is 0. The molecule has 1 aromatic rings. The Morgan fingerprint density at radius 1 is 1.37 bits per heavy atom. The predicted octanol–water partition coefficient (Wildman–Crippen LogP) is 1.02. The molecule has 5 heteroatoms. The minimum atomic E-state index is -0.615. The van der Waals surface area contributed by atoms with E-state index in [9.17, 15) is 14.6 Å². The van der Waals surface area contributed by atoms with Gasteiger partial charge in [0.2, 0.25) is 0 Å². The van der Waals surface area contributed by atoms with E-state index in [0.717, 1.165) is 19.4 Å². The van der Waals surface area contributed by atoms with Gasteiger partial charge in [-0.2, -0.15) is 0 Å². The molecule has 106 valence electrons. The second kappa shape index (κ2) is 6.84. The van der Waals surface area contributed by atoms with Crippen molar-refractivity contribution in [2.45, 2.75) is 25.0 Å². The number of benzene rings is 1. The Labute approximate surface area is 112 Å². The van der Waals surface area contributed by atoms with Crippen LogP contribution < -0.4 is 4.74 Å². The van der Waals surface area contributed by atoms with Crippen LogP contribution in [0.3, 0.4) is 0 Å². The van der Waals surface area contributed by atoms with Gasteiger partial charge < -0.3 is 14.9 Å². The molecule has 1 aromatic carbocycles. The SMILES string of the molecule is OC1CCCN(CC(O)COc2ccc(F)cc2)C1. The number of aliphatic hydroxyl groups excluding tert-OH is 2. The van der Waals surface area contributed by atoms with Gasteiger partial charge in [0.15, 0.2) is 0 Å². The van der Waals surface area contributed by atoms with Crippen molar-refractivity contribution >= 4 is 0 Å². The molecule has 0 radical (unpaired) electrons. The molecule has 1 heterocycles. The Hall–Kier alpha value is -1.17. The summed E-state index contributed by atoms with van der Waals surface area (Å²) in [5.74, 6) is 0.231. The fraction of sp³-hybridized carbons (Fsp3) is 0.571. The van der Waals surface area contributed by atoms with Gasteiger partial charge in [0, 0.05) is 13.1 Å². The molecule has 19 heavy (non-hydrogen) atoms. The Bertz CT molecular complexity index is 385. The molecule has 0 amide bonds. The number of piperidine rings is 1. The molecule has 1 saturated heterocycles. The predicted molar refractivity (Wildman–Crippen MR) is 69.6 cm³/mol. The molecule has 1 aliphatic rings. The van der Waals surface area contributed by atoms with Gasteiger partial charge in [-0.3, -0.25) is 4.90 Å². The van der Waals surface area contributed by atoms with Crippen molar-refractivity contribution in [3.05, 3.63) is 30.1 Å². The van der Waals surface area contributed by atoms with E-state index >= 15 is 0 Å². The minimum absolute atomic E-state index is 0.165. The Balaban J connectivity index is 1.72. The number of likely N-dealkylation sites (tertiary alicyclic amines) is 1. The van der Waals surface area contributed by atoms with Gasteiger partial charge in [-0.1, -0.05) is 0 Å². The molecule has 1 fully saturated rings. The Kier molecular flexibility index (Phi) is 5.13. The van der Waals surface area contributed by atoms with Crippen molar-refractivity contribution < 1.29 is 19.3 Å². The summed E-state index contributed by atoms with van der Waals surface area (Å²) < 4.78 is 18.1. The zero-order chi connectivity index (χ0) is 13.7. The normalized spacial score (nSPS) is 22.2. The number of ether oxygens (including phenoxy) is 1. The monoisotopic (exact) mass is 269 g/mol. The first-order valence-corrected chi connectivity index (χ1v) is 6.60. The van der Waals surface area contributed by atoms with Gasteiger partial charge in [0.1, 0.15) is 24.3 Å². The first-order chi connectivity index (χ1) is 9.13. The third-order valence-corrected chi connectivity index (χ3v) is 3.21. The highest BCUT2D eigenvalue weighted by atomic mass is 19.1. The van der Waals surface area contributed by atoms with E-state index in [-0.39, 0.29) is 18.5 Å². The summed E-state index contributed by atoms with van der Waals surface area (Å²) in [6, 6.07) is 5.71. The maximum atomic E-state index is 12.7. The zero-order valence-corrected chi connectivity index (χ0v) is 10.8. The summed E-state index contributed by atoms with van der Waals surface area (Å²) in [6.45, 7) is 2.15. The van der Waals surface area contributed by atoms with Crippen molar-refractivity contribution in [1.29, 1.82) is 0 Å². The molecule has 2 unspecified atom stereocenters. The van der Waals surface area contributed by atoms with Crippen molar-refractivity contribution in [1.82, 2.24) is 4.90 Å². The van der Waals surface area contributed by atoms with Crippen LogP contribution in [0.4, 0.5) is 4.39 Å². The van der Waals surface area contributed by atoms with E-state index in [0.29, 0.717) is 18.8 Å². The van der Waals surface area contributed by atoms with Crippen LogP contribution in [0.1, 0.15) is 12.8 Å². The molecule has 1 aliphatic heterocycles. The number of hydrogen-bond acceptors (Lipinski definition) is 4. The number of hydrogen-bond donors (Lipinski definition) is 2. The average Bonchev–Trinajstić information content (AvgIpc) is 2.38. The number of β-amino-alcohol motifs (C(OH)–C–C–N with tert-alkyl or cyclic N) is 2. The summed E-state index contributed by atoms with van der Waals surface area (Å²) in [4.78, 5) is 2.03. The molecule has 2 atom stereocenters. The second-order valence-electron chi connectivity index (χ2n) is 4.97. The van der Waals surface area contributed by atoms with E-state index < -0.39 is 6.10 Å². The lowest BCUT2D eigenvalue weighted by atomic mass is 10.1. The molecule has 4 nitrogen and oxygen atoms in total. The summed E-state index contributed by atoms with van der Waals surface area (Å²) in [6.07, 6.45) is 0.875. The van der Waals surface area contributed by atoms with Crippen molar-refractivity contribution in [2.75, 3.05) is 26.2 Å². The lowest BCUT2D eigenvalue weighted by Gasteiger charge is -2.31. The van der Waals surface area contributed by atoms with Crippen LogP contribution >= 0.6 is 0 Å². The second-order valence-corrected chi connectivity index (χ2v) is 4.97. The molecular weight excluding hydrogens is 249 g/mol. The maximum Gasteiger partial charge on any atom is 0.123 e. The number of halogens is 1. The highest BCUT2D eigenvalue weighted by Gasteiger charge is 2.20. The fourth-order valence-electron chi connectivity index (χ4n) is 2.27. The highest BCUT2D eigenvalue weighted by Crippen LogP contribution is 2.13. The van der Waals surface area contributed by atoms with Gasteiger partial charge in [0.25, 0.3) is 0 Å². The summed E-state index contributed by atoms with van der Waals surface area (Å²) in [5, 5.41) is 19.4. The Morgan fingerprint density at radius 2 is 2.11 bits per heavy atom. The highest BCUT2D eigenvalue weighted by molar-refractivity contribution is 5.22. The van der Waals surface area contributed by atoms with Gasteiger partial charge in [-0.15, -0.1) is 0 Å². The standard InChI is InChI=1S/C14H20FNO3/c15-11-3-5-14(6-4-11)19-10-13(18)9-16-7-1-2-12(17)8-16/h3-6,12-13,17-18H,1-2,7-10H2. The molecule has 0 aromatic heterocycles. The third-order valence-electron chi connectivity index (χ3n) is 3.21. The fourth-order valence-corrected chi connectivity index (χ4v) is 2.27. The molecule has 0 bridgehead atoms. The van der Waals surface area contributed by atoms with E-state index in [1.165, 1.54) is 24.3 Å². The lowest BCUT2D eigenvalue weighted by Crippen LogP contribution is -2.43. The van der Waals surface area contributed by atoms with Crippen LogP contribution in [-0.2, 0) is 0 Å². The quantitative estimate of drug-likeness (QED) is 0.838. The number of aliphatic hydroxyl groups is 2. The van der Waals surface area contributed by atoms with E-state index in [1.807, 2.05) is 4.90 Å². The van der Waals surface area contributed by atoms with Crippen LogP contribution in [-0.4, -0.2) is 53.6 Å². The van der Waals surface area contributed by atoms with Crippen LogP contribution in [0.5, 0.6) is 5.75 Å². The van der Waals surface area contributed by atoms with E-state index in [1.54, 1.807) is 0 Å².